The first-order chi connectivity index (χ1) is 8.70. The van der Waals surface area contributed by atoms with Gasteiger partial charge < -0.3 is 10.2 Å². The molecule has 0 saturated carbocycles. The molecule has 0 bridgehead atoms. The summed E-state index contributed by atoms with van der Waals surface area (Å²) in [6.07, 6.45) is 3.28. The number of rotatable bonds is 8. The lowest BCUT2D eigenvalue weighted by molar-refractivity contribution is 0.674. The Morgan fingerprint density at radius 2 is 2.17 bits per heavy atom. The summed E-state index contributed by atoms with van der Waals surface area (Å²) < 4.78 is 0. The highest BCUT2D eigenvalue weighted by Crippen LogP contribution is 2.29. The van der Waals surface area contributed by atoms with Crippen molar-refractivity contribution in [1.29, 1.82) is 0 Å². The van der Waals surface area contributed by atoms with Crippen molar-refractivity contribution in [3.8, 4) is 0 Å². The number of nitrogens with zero attached hydrogens (tertiary/aromatic N) is 1. The molecule has 0 unspecified atom stereocenters. The van der Waals surface area contributed by atoms with Gasteiger partial charge in [-0.15, -0.1) is 0 Å². The lowest BCUT2D eigenvalue weighted by Crippen LogP contribution is -2.24. The van der Waals surface area contributed by atoms with Gasteiger partial charge in [0.25, 0.3) is 0 Å². The molecule has 0 aliphatic carbocycles. The van der Waals surface area contributed by atoms with Gasteiger partial charge in [-0.25, -0.2) is 0 Å². The van der Waals surface area contributed by atoms with Crippen LogP contribution in [-0.4, -0.2) is 32.1 Å². The second kappa shape index (κ2) is 8.68. The van der Waals surface area contributed by atoms with Gasteiger partial charge in [-0.3, -0.25) is 0 Å². The molecule has 1 N–H and O–H groups in total. The zero-order valence-electron chi connectivity index (χ0n) is 11.5. The first-order valence-corrected chi connectivity index (χ1v) is 8.16. The quantitative estimate of drug-likeness (QED) is 0.735. The third-order valence-electron chi connectivity index (χ3n) is 2.83. The van der Waals surface area contributed by atoms with Crippen LogP contribution in [0.25, 0.3) is 0 Å². The SMILES string of the molecule is CCCNCc1cccc(Cl)c1N(C)CCSC. The fourth-order valence-corrected chi connectivity index (χ4v) is 2.66. The number of halogens is 1. The van der Waals surface area contributed by atoms with Crippen LogP contribution in [-0.2, 0) is 6.54 Å². The molecule has 18 heavy (non-hydrogen) atoms. The maximum absolute atomic E-state index is 6.34. The molecule has 2 nitrogen and oxygen atoms in total. The molecule has 1 aromatic carbocycles. The van der Waals surface area contributed by atoms with Crippen molar-refractivity contribution in [1.82, 2.24) is 5.32 Å². The van der Waals surface area contributed by atoms with E-state index in [0.29, 0.717) is 0 Å². The molecule has 0 saturated heterocycles. The average Bonchev–Trinajstić information content (AvgIpc) is 2.36. The van der Waals surface area contributed by atoms with E-state index in [1.807, 2.05) is 23.9 Å². The minimum absolute atomic E-state index is 0.842. The third-order valence-corrected chi connectivity index (χ3v) is 3.72. The highest BCUT2D eigenvalue weighted by Gasteiger charge is 2.10. The van der Waals surface area contributed by atoms with Crippen molar-refractivity contribution in [2.45, 2.75) is 19.9 Å². The highest BCUT2D eigenvalue weighted by molar-refractivity contribution is 7.98. The summed E-state index contributed by atoms with van der Waals surface area (Å²) in [5.74, 6) is 1.11. The summed E-state index contributed by atoms with van der Waals surface area (Å²) >= 11 is 8.20. The molecule has 0 heterocycles. The van der Waals surface area contributed by atoms with E-state index in [1.165, 1.54) is 5.56 Å². The van der Waals surface area contributed by atoms with Gasteiger partial charge >= 0.3 is 0 Å². The van der Waals surface area contributed by atoms with E-state index in [2.05, 4.69) is 36.5 Å². The van der Waals surface area contributed by atoms with E-state index < -0.39 is 0 Å². The van der Waals surface area contributed by atoms with E-state index >= 15 is 0 Å². The first-order valence-electron chi connectivity index (χ1n) is 6.38. The van der Waals surface area contributed by atoms with Gasteiger partial charge in [0.2, 0.25) is 0 Å². The normalized spacial score (nSPS) is 10.7. The molecule has 0 aromatic heterocycles. The number of anilines is 1. The Labute approximate surface area is 120 Å². The molecule has 1 rings (SSSR count). The van der Waals surface area contributed by atoms with Gasteiger partial charge in [0.15, 0.2) is 0 Å². The summed E-state index contributed by atoms with van der Waals surface area (Å²) in [4.78, 5) is 2.25. The Bertz CT molecular complexity index is 358. The van der Waals surface area contributed by atoms with Gasteiger partial charge in [0, 0.05) is 25.9 Å². The minimum atomic E-state index is 0.842. The van der Waals surface area contributed by atoms with Crippen LogP contribution in [0, 0.1) is 0 Å². The summed E-state index contributed by atoms with van der Waals surface area (Å²) in [7, 11) is 2.11. The van der Waals surface area contributed by atoms with Crippen molar-refractivity contribution in [2.75, 3.05) is 37.0 Å². The van der Waals surface area contributed by atoms with E-state index in [1.54, 1.807) is 0 Å². The Kier molecular flexibility index (Phi) is 7.56. The van der Waals surface area contributed by atoms with Gasteiger partial charge in [0.1, 0.15) is 0 Å². The molecule has 0 radical (unpaired) electrons. The smallest absolute Gasteiger partial charge is 0.0642 e. The largest absolute Gasteiger partial charge is 0.372 e. The first kappa shape index (κ1) is 15.7. The number of thioether (sulfide) groups is 1. The lowest BCUT2D eigenvalue weighted by atomic mass is 10.1. The molecule has 0 spiro atoms. The van der Waals surface area contributed by atoms with Crippen LogP contribution < -0.4 is 10.2 Å². The standard InChI is InChI=1S/C14H23ClN2S/c1-4-8-16-11-12-6-5-7-13(15)14(12)17(2)9-10-18-3/h5-7,16H,4,8-11H2,1-3H3. The topological polar surface area (TPSA) is 15.3 Å². The fraction of sp³-hybridized carbons (Fsp3) is 0.571. The molecular weight excluding hydrogens is 264 g/mol. The van der Waals surface area contributed by atoms with Crippen LogP contribution >= 0.6 is 23.4 Å². The summed E-state index contributed by atoms with van der Waals surface area (Å²) in [6, 6.07) is 6.15. The van der Waals surface area contributed by atoms with E-state index in [0.717, 1.165) is 42.5 Å². The van der Waals surface area contributed by atoms with Crippen molar-refractivity contribution in [3.63, 3.8) is 0 Å². The van der Waals surface area contributed by atoms with E-state index in [-0.39, 0.29) is 0 Å². The van der Waals surface area contributed by atoms with Gasteiger partial charge in [-0.1, -0.05) is 30.7 Å². The summed E-state index contributed by atoms with van der Waals surface area (Å²) in [5, 5.41) is 4.28. The Balaban J connectivity index is 2.79. The molecule has 1 aromatic rings. The lowest BCUT2D eigenvalue weighted by Gasteiger charge is -2.23. The molecule has 0 fully saturated rings. The van der Waals surface area contributed by atoms with Crippen LogP contribution in [0.3, 0.4) is 0 Å². The van der Waals surface area contributed by atoms with Gasteiger partial charge in [-0.2, -0.15) is 11.8 Å². The van der Waals surface area contributed by atoms with Crippen LogP contribution in [0.1, 0.15) is 18.9 Å². The highest BCUT2D eigenvalue weighted by atomic mass is 35.5. The van der Waals surface area contributed by atoms with Crippen LogP contribution in [0.5, 0.6) is 0 Å². The van der Waals surface area contributed by atoms with Crippen LogP contribution in [0.2, 0.25) is 5.02 Å². The predicted molar refractivity (Wildman–Crippen MR) is 85.1 cm³/mol. The number of benzene rings is 1. The maximum atomic E-state index is 6.34. The monoisotopic (exact) mass is 286 g/mol. The van der Waals surface area contributed by atoms with Crippen molar-refractivity contribution in [3.05, 3.63) is 28.8 Å². The van der Waals surface area contributed by atoms with Crippen LogP contribution in [0.15, 0.2) is 18.2 Å². The number of hydrogen-bond acceptors (Lipinski definition) is 3. The number of nitrogens with one attached hydrogen (secondary N) is 1. The molecule has 0 aliphatic heterocycles. The zero-order valence-corrected chi connectivity index (χ0v) is 13.1. The zero-order chi connectivity index (χ0) is 13.4. The second-order valence-corrected chi connectivity index (χ2v) is 5.73. The molecule has 4 heteroatoms. The minimum Gasteiger partial charge on any atom is -0.372 e. The molecule has 0 atom stereocenters. The summed E-state index contributed by atoms with van der Waals surface area (Å²) in [5.41, 5.74) is 2.44. The van der Waals surface area contributed by atoms with Gasteiger partial charge in [0.05, 0.1) is 10.7 Å². The molecule has 0 amide bonds. The fourth-order valence-electron chi connectivity index (χ4n) is 1.87. The van der Waals surface area contributed by atoms with E-state index in [9.17, 15) is 0 Å². The van der Waals surface area contributed by atoms with Crippen LogP contribution in [0.4, 0.5) is 5.69 Å². The van der Waals surface area contributed by atoms with Crippen molar-refractivity contribution in [2.24, 2.45) is 0 Å². The molecule has 0 aliphatic rings. The average molecular weight is 287 g/mol. The third kappa shape index (κ3) is 4.71. The number of para-hydroxylation sites is 1. The number of hydrogen-bond donors (Lipinski definition) is 1. The predicted octanol–water partition coefficient (Wildman–Crippen LogP) is 3.64. The second-order valence-electron chi connectivity index (χ2n) is 4.34. The Morgan fingerprint density at radius 1 is 1.39 bits per heavy atom. The van der Waals surface area contributed by atoms with Gasteiger partial charge in [-0.05, 0) is 30.9 Å². The van der Waals surface area contributed by atoms with Crippen molar-refractivity contribution >= 4 is 29.1 Å². The Morgan fingerprint density at radius 3 is 2.83 bits per heavy atom. The Hall–Kier alpha value is -0.380. The molecular formula is C14H23ClN2S. The maximum Gasteiger partial charge on any atom is 0.0642 e. The van der Waals surface area contributed by atoms with E-state index in [4.69, 9.17) is 11.6 Å². The summed E-state index contributed by atoms with van der Waals surface area (Å²) in [6.45, 7) is 5.12. The van der Waals surface area contributed by atoms with Crippen molar-refractivity contribution < 1.29 is 0 Å². The molecule has 102 valence electrons.